The second-order valence-electron chi connectivity index (χ2n) is 6.67. The van der Waals surface area contributed by atoms with Crippen molar-refractivity contribution in [3.05, 3.63) is 0 Å². The van der Waals surface area contributed by atoms with Gasteiger partial charge in [-0.2, -0.15) is 0 Å². The maximum absolute atomic E-state index is 11.9. The minimum absolute atomic E-state index is 0.0239. The average molecular weight is 269 g/mol. The van der Waals surface area contributed by atoms with Crippen LogP contribution in [0, 0.1) is 11.3 Å². The molecule has 0 aliphatic heterocycles. The van der Waals surface area contributed by atoms with Crippen LogP contribution in [0.3, 0.4) is 0 Å². The summed E-state index contributed by atoms with van der Waals surface area (Å²) in [5.74, 6) is -1.00. The Morgan fingerprint density at radius 2 is 1.89 bits per heavy atom. The Morgan fingerprint density at radius 1 is 1.32 bits per heavy atom. The number of nitrogens with zero attached hydrogens (tertiary/aromatic N) is 1. The van der Waals surface area contributed by atoms with Crippen molar-refractivity contribution in [2.45, 2.75) is 65.8 Å². The lowest BCUT2D eigenvalue weighted by atomic mass is 9.63. The van der Waals surface area contributed by atoms with Crippen molar-refractivity contribution in [1.82, 2.24) is 4.90 Å². The molecule has 2 unspecified atom stereocenters. The first kappa shape index (κ1) is 16.0. The summed E-state index contributed by atoms with van der Waals surface area (Å²) in [6.07, 6.45) is 3.02. The first-order valence-corrected chi connectivity index (χ1v) is 7.19. The fraction of sp³-hybridized carbons (Fsp3) is 0.867. The molecule has 2 atom stereocenters. The van der Waals surface area contributed by atoms with Gasteiger partial charge in [-0.25, -0.2) is 4.79 Å². The monoisotopic (exact) mass is 269 g/mol. The lowest BCUT2D eigenvalue weighted by Crippen LogP contribution is -2.63. The van der Waals surface area contributed by atoms with Crippen LogP contribution in [-0.2, 0) is 9.59 Å². The zero-order chi connectivity index (χ0) is 14.8. The minimum atomic E-state index is -1.02. The Kier molecular flexibility index (Phi) is 4.64. The fourth-order valence-corrected chi connectivity index (χ4v) is 3.57. The molecule has 0 spiro atoms. The number of hydrogen-bond acceptors (Lipinski definition) is 2. The lowest BCUT2D eigenvalue weighted by Gasteiger charge is -2.51. The molecule has 0 saturated heterocycles. The highest BCUT2D eigenvalue weighted by Crippen LogP contribution is 2.47. The van der Waals surface area contributed by atoms with Crippen molar-refractivity contribution < 1.29 is 14.7 Å². The van der Waals surface area contributed by atoms with E-state index in [1.54, 1.807) is 4.90 Å². The molecular weight excluding hydrogens is 242 g/mol. The van der Waals surface area contributed by atoms with Gasteiger partial charge in [-0.15, -0.1) is 0 Å². The summed E-state index contributed by atoms with van der Waals surface area (Å²) in [5, 5.41) is 9.78. The molecule has 1 N–H and O–H groups in total. The molecule has 0 aromatic heterocycles. The lowest BCUT2D eigenvalue weighted by molar-refractivity contribution is -0.168. The fourth-order valence-electron chi connectivity index (χ4n) is 3.57. The van der Waals surface area contributed by atoms with E-state index in [1.807, 2.05) is 13.8 Å². The van der Waals surface area contributed by atoms with Gasteiger partial charge >= 0.3 is 5.97 Å². The Balaban J connectivity index is 3.17. The van der Waals surface area contributed by atoms with E-state index in [1.165, 1.54) is 6.92 Å². The van der Waals surface area contributed by atoms with Gasteiger partial charge in [-0.05, 0) is 37.0 Å². The van der Waals surface area contributed by atoms with Gasteiger partial charge in [0, 0.05) is 13.5 Å². The minimum Gasteiger partial charge on any atom is -0.479 e. The van der Waals surface area contributed by atoms with Crippen LogP contribution >= 0.6 is 0 Å². The molecule has 0 aromatic carbocycles. The third-order valence-electron chi connectivity index (χ3n) is 4.54. The molecule has 1 aliphatic rings. The summed E-state index contributed by atoms with van der Waals surface area (Å²) in [7, 11) is 0. The normalized spacial score (nSPS) is 29.8. The number of aliphatic carboxylic acids is 1. The predicted octanol–water partition coefficient (Wildman–Crippen LogP) is 2.91. The van der Waals surface area contributed by atoms with E-state index in [0.717, 1.165) is 19.3 Å². The van der Waals surface area contributed by atoms with E-state index in [4.69, 9.17) is 0 Å². The molecule has 0 heterocycles. The van der Waals surface area contributed by atoms with Crippen LogP contribution in [0.4, 0.5) is 0 Å². The van der Waals surface area contributed by atoms with Gasteiger partial charge in [0.05, 0.1) is 0 Å². The summed E-state index contributed by atoms with van der Waals surface area (Å²) in [6.45, 7) is 10.3. The van der Waals surface area contributed by atoms with Crippen LogP contribution in [0.2, 0.25) is 0 Å². The number of carbonyl (C=O) groups is 2. The molecule has 0 aromatic rings. The summed E-state index contributed by atoms with van der Waals surface area (Å²) in [5.41, 5.74) is -0.857. The van der Waals surface area contributed by atoms with E-state index in [-0.39, 0.29) is 17.2 Å². The van der Waals surface area contributed by atoms with Gasteiger partial charge in [0.1, 0.15) is 5.54 Å². The zero-order valence-corrected chi connectivity index (χ0v) is 12.8. The maximum atomic E-state index is 11.9. The summed E-state index contributed by atoms with van der Waals surface area (Å²) in [6, 6.07) is 0. The number of hydrogen-bond donors (Lipinski definition) is 1. The Morgan fingerprint density at radius 3 is 2.26 bits per heavy atom. The summed E-state index contributed by atoms with van der Waals surface area (Å²) >= 11 is 0. The largest absolute Gasteiger partial charge is 0.479 e. The van der Waals surface area contributed by atoms with Crippen molar-refractivity contribution in [3.8, 4) is 0 Å². The molecule has 1 fully saturated rings. The van der Waals surface area contributed by atoms with E-state index in [9.17, 15) is 14.7 Å². The van der Waals surface area contributed by atoms with Crippen LogP contribution in [0.1, 0.15) is 60.3 Å². The molecule has 110 valence electrons. The molecule has 1 amide bonds. The van der Waals surface area contributed by atoms with Crippen LogP contribution in [0.15, 0.2) is 0 Å². The van der Waals surface area contributed by atoms with Crippen molar-refractivity contribution in [2.24, 2.45) is 11.3 Å². The second kappa shape index (κ2) is 5.51. The molecule has 4 heteroatoms. The van der Waals surface area contributed by atoms with Gasteiger partial charge in [-0.3, -0.25) is 4.79 Å². The van der Waals surface area contributed by atoms with Crippen LogP contribution < -0.4 is 0 Å². The van der Waals surface area contributed by atoms with Crippen molar-refractivity contribution in [2.75, 3.05) is 6.54 Å². The Labute approximate surface area is 116 Å². The Hall–Kier alpha value is -1.06. The highest BCUT2D eigenvalue weighted by molar-refractivity contribution is 5.86. The van der Waals surface area contributed by atoms with Gasteiger partial charge in [0.2, 0.25) is 5.91 Å². The summed E-state index contributed by atoms with van der Waals surface area (Å²) in [4.78, 5) is 25.4. The average Bonchev–Trinajstić information content (AvgIpc) is 2.25. The molecule has 1 saturated carbocycles. The van der Waals surface area contributed by atoms with Gasteiger partial charge in [0.15, 0.2) is 0 Å². The van der Waals surface area contributed by atoms with Crippen molar-refractivity contribution in [3.63, 3.8) is 0 Å². The predicted molar refractivity (Wildman–Crippen MR) is 74.8 cm³/mol. The molecule has 19 heavy (non-hydrogen) atoms. The Bertz CT molecular complexity index is 364. The molecule has 0 radical (unpaired) electrons. The third-order valence-corrected chi connectivity index (χ3v) is 4.54. The van der Waals surface area contributed by atoms with Gasteiger partial charge in [-0.1, -0.05) is 27.7 Å². The summed E-state index contributed by atoms with van der Waals surface area (Å²) < 4.78 is 0. The first-order valence-electron chi connectivity index (χ1n) is 7.19. The number of carboxylic acids is 1. The zero-order valence-electron chi connectivity index (χ0n) is 12.8. The highest BCUT2D eigenvalue weighted by Gasteiger charge is 2.53. The van der Waals surface area contributed by atoms with Gasteiger partial charge in [0.25, 0.3) is 0 Å². The molecular formula is C15H27NO3. The van der Waals surface area contributed by atoms with E-state index in [0.29, 0.717) is 13.0 Å². The number of carbonyl (C=O) groups excluding carboxylic acids is 1. The number of carboxylic acid groups (broad SMARTS) is 1. The SMILES string of the molecule is CCCN(C(C)=O)C1(C(=O)O)CCC(C)(C)CC1C. The molecule has 4 nitrogen and oxygen atoms in total. The van der Waals surface area contributed by atoms with E-state index < -0.39 is 11.5 Å². The quantitative estimate of drug-likeness (QED) is 0.853. The third kappa shape index (κ3) is 2.93. The van der Waals surface area contributed by atoms with Crippen molar-refractivity contribution in [1.29, 1.82) is 0 Å². The van der Waals surface area contributed by atoms with Gasteiger partial charge < -0.3 is 10.0 Å². The molecule has 1 aliphatic carbocycles. The van der Waals surface area contributed by atoms with Crippen LogP contribution in [0.25, 0.3) is 0 Å². The van der Waals surface area contributed by atoms with E-state index in [2.05, 4.69) is 13.8 Å². The smallest absolute Gasteiger partial charge is 0.329 e. The highest BCUT2D eigenvalue weighted by atomic mass is 16.4. The maximum Gasteiger partial charge on any atom is 0.329 e. The van der Waals surface area contributed by atoms with E-state index >= 15 is 0 Å². The molecule has 1 rings (SSSR count). The first-order chi connectivity index (χ1) is 8.67. The number of rotatable bonds is 4. The molecule has 0 bridgehead atoms. The standard InChI is InChI=1S/C15H27NO3/c1-6-9-16(12(3)17)15(13(18)19)8-7-14(4,5)10-11(15)2/h11H,6-10H2,1-5H3,(H,18,19). The van der Waals surface area contributed by atoms with Crippen molar-refractivity contribution >= 4 is 11.9 Å². The number of amides is 1. The van der Waals surface area contributed by atoms with Crippen LogP contribution in [0.5, 0.6) is 0 Å². The second-order valence-corrected chi connectivity index (χ2v) is 6.67. The van der Waals surface area contributed by atoms with Crippen LogP contribution in [-0.4, -0.2) is 34.0 Å². The topological polar surface area (TPSA) is 57.6 Å².